The summed E-state index contributed by atoms with van der Waals surface area (Å²) in [5.41, 5.74) is 2.22. The molecule has 0 saturated carbocycles. The Kier molecular flexibility index (Phi) is 6.45. The van der Waals surface area contributed by atoms with Gasteiger partial charge in [-0.1, -0.05) is 47.5 Å². The van der Waals surface area contributed by atoms with E-state index < -0.39 is 29.7 Å². The zero-order chi connectivity index (χ0) is 21.1. The molecule has 8 heteroatoms. The number of methoxy groups -OCH3 is 1. The summed E-state index contributed by atoms with van der Waals surface area (Å²) in [6.07, 6.45) is 0. The van der Waals surface area contributed by atoms with Crippen LogP contribution in [0.5, 0.6) is 0 Å². The third kappa shape index (κ3) is 4.54. The molecule has 29 heavy (non-hydrogen) atoms. The van der Waals surface area contributed by atoms with E-state index in [1.807, 2.05) is 24.3 Å². The fourth-order valence-corrected chi connectivity index (χ4v) is 3.89. The van der Waals surface area contributed by atoms with Crippen molar-refractivity contribution >= 4 is 41.0 Å². The van der Waals surface area contributed by atoms with Crippen molar-refractivity contribution in [3.05, 3.63) is 69.2 Å². The highest BCUT2D eigenvalue weighted by Gasteiger charge is 2.35. The highest BCUT2D eigenvalue weighted by molar-refractivity contribution is 6.35. The van der Waals surface area contributed by atoms with Crippen LogP contribution in [0.1, 0.15) is 35.6 Å². The van der Waals surface area contributed by atoms with Crippen molar-refractivity contribution in [2.24, 2.45) is 0 Å². The number of hydrogen-bond acceptors (Lipinski definition) is 4. The van der Waals surface area contributed by atoms with Crippen LogP contribution < -0.4 is 5.32 Å². The molecule has 2 atom stereocenters. The molecule has 0 saturated heterocycles. The van der Waals surface area contributed by atoms with Gasteiger partial charge < -0.3 is 15.0 Å². The quantitative estimate of drug-likeness (QED) is 0.592. The predicted molar refractivity (Wildman–Crippen MR) is 110 cm³/mol. The molecule has 0 aliphatic carbocycles. The number of hydrogen-bond donors (Lipinski definition) is 1. The van der Waals surface area contributed by atoms with Crippen molar-refractivity contribution in [2.45, 2.75) is 25.4 Å². The summed E-state index contributed by atoms with van der Waals surface area (Å²) in [7, 11) is 1.30. The second-order valence-corrected chi connectivity index (χ2v) is 7.66. The minimum Gasteiger partial charge on any atom is -0.468 e. The summed E-state index contributed by atoms with van der Waals surface area (Å²) < 4.78 is 4.88. The molecule has 3 rings (SSSR count). The summed E-state index contributed by atoms with van der Waals surface area (Å²) in [6.45, 7) is 2.02. The van der Waals surface area contributed by atoms with Gasteiger partial charge in [0.05, 0.1) is 19.1 Å². The van der Waals surface area contributed by atoms with Gasteiger partial charge in [0.1, 0.15) is 0 Å². The first-order valence-electron chi connectivity index (χ1n) is 9.02. The monoisotopic (exact) mass is 434 g/mol. The van der Waals surface area contributed by atoms with Crippen molar-refractivity contribution in [3.8, 4) is 0 Å². The van der Waals surface area contributed by atoms with Crippen molar-refractivity contribution in [1.82, 2.24) is 10.2 Å². The van der Waals surface area contributed by atoms with Crippen LogP contribution in [-0.2, 0) is 25.7 Å². The minimum atomic E-state index is -0.781. The number of benzene rings is 2. The Bertz CT molecular complexity index is 963. The smallest absolute Gasteiger partial charge is 0.314 e. The lowest BCUT2D eigenvalue weighted by Gasteiger charge is -2.33. The summed E-state index contributed by atoms with van der Waals surface area (Å²) in [5.74, 6) is -2.59. The van der Waals surface area contributed by atoms with E-state index in [1.54, 1.807) is 25.1 Å². The molecule has 152 valence electrons. The lowest BCUT2D eigenvalue weighted by atomic mass is 9.89. The Morgan fingerprint density at radius 1 is 1.17 bits per heavy atom. The molecule has 2 unspecified atom stereocenters. The normalized spacial score (nSPS) is 16.6. The lowest BCUT2D eigenvalue weighted by molar-refractivity contribution is -0.149. The number of nitrogens with one attached hydrogen (secondary N) is 1. The molecule has 0 fully saturated rings. The first-order valence-corrected chi connectivity index (χ1v) is 9.77. The zero-order valence-electron chi connectivity index (χ0n) is 15.9. The maximum Gasteiger partial charge on any atom is 0.314 e. The van der Waals surface area contributed by atoms with Gasteiger partial charge in [0.25, 0.3) is 0 Å². The highest BCUT2D eigenvalue weighted by Crippen LogP contribution is 2.30. The summed E-state index contributed by atoms with van der Waals surface area (Å²) >= 11 is 12.2. The Balaban J connectivity index is 1.76. The maximum atomic E-state index is 12.8. The van der Waals surface area contributed by atoms with Crippen LogP contribution >= 0.6 is 23.2 Å². The third-order valence-corrected chi connectivity index (χ3v) is 5.51. The van der Waals surface area contributed by atoms with E-state index >= 15 is 0 Å². The fourth-order valence-electron chi connectivity index (χ4n) is 3.43. The van der Waals surface area contributed by atoms with E-state index in [0.29, 0.717) is 15.6 Å². The van der Waals surface area contributed by atoms with Crippen LogP contribution in [-0.4, -0.2) is 36.3 Å². The lowest BCUT2D eigenvalue weighted by Crippen LogP contribution is -2.47. The molecule has 0 bridgehead atoms. The maximum absolute atomic E-state index is 12.8. The molecule has 2 aromatic rings. The fraction of sp³-hybridized carbons (Fsp3) is 0.286. The second kappa shape index (κ2) is 8.84. The number of rotatable bonds is 3. The molecule has 1 aliphatic rings. The first kappa shape index (κ1) is 21.1. The number of carbonyl (C=O) groups excluding carboxylic acids is 3. The number of esters is 1. The molecular formula is C21H20Cl2N2O4. The number of amides is 2. The predicted octanol–water partition coefficient (Wildman–Crippen LogP) is 3.47. The van der Waals surface area contributed by atoms with E-state index in [2.05, 4.69) is 5.32 Å². The Morgan fingerprint density at radius 2 is 1.90 bits per heavy atom. The molecule has 0 spiro atoms. The summed E-state index contributed by atoms with van der Waals surface area (Å²) in [4.78, 5) is 38.9. The average Bonchev–Trinajstić information content (AvgIpc) is 2.73. The number of halogens is 2. The standard InChI is InChI=1S/C21H20Cl2N2O4/c1-12(16-9-14(22)7-8-18(16)23)24-19(26)20(27)25-10-13-5-3-4-6-15(13)17(11-25)21(28)29-2/h3-9,12,17H,10-11H2,1-2H3,(H,24,26). The molecule has 2 amide bonds. The van der Waals surface area contributed by atoms with Gasteiger partial charge in [0, 0.05) is 23.1 Å². The second-order valence-electron chi connectivity index (χ2n) is 6.82. The number of ether oxygens (including phenoxy) is 1. The van der Waals surface area contributed by atoms with Crippen molar-refractivity contribution in [2.75, 3.05) is 13.7 Å². The highest BCUT2D eigenvalue weighted by atomic mass is 35.5. The Labute approximate surface area is 178 Å². The largest absolute Gasteiger partial charge is 0.468 e. The van der Waals surface area contributed by atoms with Crippen LogP contribution in [0, 0.1) is 0 Å². The van der Waals surface area contributed by atoms with Gasteiger partial charge in [-0.2, -0.15) is 0 Å². The van der Waals surface area contributed by atoms with Crippen LogP contribution in [0.2, 0.25) is 10.0 Å². The molecule has 2 aromatic carbocycles. The van der Waals surface area contributed by atoms with Gasteiger partial charge in [-0.15, -0.1) is 0 Å². The van der Waals surface area contributed by atoms with Crippen LogP contribution in [0.15, 0.2) is 42.5 Å². The van der Waals surface area contributed by atoms with Gasteiger partial charge in [0.2, 0.25) is 0 Å². The van der Waals surface area contributed by atoms with Crippen LogP contribution in [0.4, 0.5) is 0 Å². The molecule has 1 N–H and O–H groups in total. The molecule has 1 heterocycles. The molecular weight excluding hydrogens is 415 g/mol. The van der Waals surface area contributed by atoms with E-state index in [1.165, 1.54) is 12.0 Å². The van der Waals surface area contributed by atoms with Gasteiger partial charge in [0.15, 0.2) is 0 Å². The number of fused-ring (bicyclic) bond motifs is 1. The third-order valence-electron chi connectivity index (χ3n) is 4.93. The van der Waals surface area contributed by atoms with E-state index in [0.717, 1.165) is 11.1 Å². The van der Waals surface area contributed by atoms with Gasteiger partial charge in [-0.05, 0) is 41.8 Å². The number of nitrogens with zero attached hydrogens (tertiary/aromatic N) is 1. The van der Waals surface area contributed by atoms with Crippen molar-refractivity contribution in [3.63, 3.8) is 0 Å². The van der Waals surface area contributed by atoms with E-state index in [-0.39, 0.29) is 13.1 Å². The minimum absolute atomic E-state index is 0.0717. The first-order chi connectivity index (χ1) is 13.8. The van der Waals surface area contributed by atoms with Crippen molar-refractivity contribution < 1.29 is 19.1 Å². The average molecular weight is 435 g/mol. The molecule has 6 nitrogen and oxygen atoms in total. The van der Waals surface area contributed by atoms with E-state index in [4.69, 9.17) is 27.9 Å². The SMILES string of the molecule is COC(=O)C1CN(C(=O)C(=O)NC(C)c2cc(Cl)ccc2Cl)Cc2ccccc21. The number of carbonyl (C=O) groups is 3. The Morgan fingerprint density at radius 3 is 2.62 bits per heavy atom. The molecule has 1 aliphatic heterocycles. The molecule has 0 aromatic heterocycles. The van der Waals surface area contributed by atoms with Gasteiger partial charge >= 0.3 is 17.8 Å². The van der Waals surface area contributed by atoms with Gasteiger partial charge in [-0.25, -0.2) is 0 Å². The Hall–Kier alpha value is -2.57. The van der Waals surface area contributed by atoms with Crippen molar-refractivity contribution in [1.29, 1.82) is 0 Å². The molecule has 0 radical (unpaired) electrons. The summed E-state index contributed by atoms with van der Waals surface area (Å²) in [6, 6.07) is 11.7. The summed E-state index contributed by atoms with van der Waals surface area (Å²) in [5, 5.41) is 3.57. The van der Waals surface area contributed by atoms with E-state index in [9.17, 15) is 14.4 Å². The van der Waals surface area contributed by atoms with Crippen LogP contribution in [0.25, 0.3) is 0 Å². The van der Waals surface area contributed by atoms with Crippen LogP contribution in [0.3, 0.4) is 0 Å². The topological polar surface area (TPSA) is 75.7 Å². The van der Waals surface area contributed by atoms with Gasteiger partial charge in [-0.3, -0.25) is 14.4 Å². The zero-order valence-corrected chi connectivity index (χ0v) is 17.5.